The molecule has 1 aromatic carbocycles. The molecule has 0 radical (unpaired) electrons. The lowest BCUT2D eigenvalue weighted by Crippen LogP contribution is -2.21. The van der Waals surface area contributed by atoms with Crippen molar-refractivity contribution in [2.75, 3.05) is 6.54 Å². The fourth-order valence-corrected chi connectivity index (χ4v) is 3.44. The SMILES string of the molecule is CC(=O)NCCCc1ccc(-c2csc(-c3ccc(Br)o3)n2)cc1. The highest BCUT2D eigenvalue weighted by molar-refractivity contribution is 9.10. The van der Waals surface area contributed by atoms with Gasteiger partial charge in [-0.25, -0.2) is 4.98 Å². The number of nitrogens with zero attached hydrogens (tertiary/aromatic N) is 1. The van der Waals surface area contributed by atoms with E-state index in [0.29, 0.717) is 11.2 Å². The number of furan rings is 1. The van der Waals surface area contributed by atoms with Crippen molar-refractivity contribution >= 4 is 33.2 Å². The summed E-state index contributed by atoms with van der Waals surface area (Å²) >= 11 is 4.88. The minimum Gasteiger partial charge on any atom is -0.447 e. The summed E-state index contributed by atoms with van der Waals surface area (Å²) in [4.78, 5) is 15.5. The van der Waals surface area contributed by atoms with Gasteiger partial charge in [-0.1, -0.05) is 24.3 Å². The van der Waals surface area contributed by atoms with Crippen LogP contribution in [0.2, 0.25) is 0 Å². The number of hydrogen-bond acceptors (Lipinski definition) is 4. The summed E-state index contributed by atoms with van der Waals surface area (Å²) in [5.41, 5.74) is 3.30. The van der Waals surface area contributed by atoms with Crippen LogP contribution < -0.4 is 5.32 Å². The van der Waals surface area contributed by atoms with Gasteiger partial charge >= 0.3 is 0 Å². The summed E-state index contributed by atoms with van der Waals surface area (Å²) in [5.74, 6) is 0.793. The summed E-state index contributed by atoms with van der Waals surface area (Å²) < 4.78 is 6.25. The monoisotopic (exact) mass is 404 g/mol. The van der Waals surface area contributed by atoms with Gasteiger partial charge in [-0.3, -0.25) is 4.79 Å². The number of amides is 1. The first-order valence-electron chi connectivity index (χ1n) is 7.67. The number of aryl methyl sites for hydroxylation is 1. The van der Waals surface area contributed by atoms with Gasteiger partial charge in [0.1, 0.15) is 0 Å². The molecule has 0 saturated carbocycles. The smallest absolute Gasteiger partial charge is 0.216 e. The van der Waals surface area contributed by atoms with Crippen LogP contribution in [0, 0.1) is 0 Å². The molecule has 1 amide bonds. The maximum atomic E-state index is 10.8. The van der Waals surface area contributed by atoms with Gasteiger partial charge in [0, 0.05) is 24.4 Å². The molecule has 1 N–H and O–H groups in total. The zero-order valence-electron chi connectivity index (χ0n) is 13.2. The van der Waals surface area contributed by atoms with Crippen LogP contribution in [-0.2, 0) is 11.2 Å². The lowest BCUT2D eigenvalue weighted by atomic mass is 10.1. The number of carbonyl (C=O) groups is 1. The quantitative estimate of drug-likeness (QED) is 0.594. The molecule has 4 nitrogen and oxygen atoms in total. The van der Waals surface area contributed by atoms with E-state index in [9.17, 15) is 4.79 Å². The van der Waals surface area contributed by atoms with E-state index in [2.05, 4.69) is 50.5 Å². The predicted molar refractivity (Wildman–Crippen MR) is 100.0 cm³/mol. The van der Waals surface area contributed by atoms with Gasteiger partial charge in [0.2, 0.25) is 5.91 Å². The number of hydrogen-bond donors (Lipinski definition) is 1. The van der Waals surface area contributed by atoms with Crippen LogP contribution in [0.1, 0.15) is 18.9 Å². The van der Waals surface area contributed by atoms with Crippen molar-refractivity contribution < 1.29 is 9.21 Å². The topological polar surface area (TPSA) is 55.1 Å². The van der Waals surface area contributed by atoms with Crippen molar-refractivity contribution in [3.63, 3.8) is 0 Å². The Bertz CT molecular complexity index is 824. The number of nitrogens with one attached hydrogen (secondary N) is 1. The van der Waals surface area contributed by atoms with Gasteiger partial charge in [-0.05, 0) is 46.5 Å². The average Bonchev–Trinajstić information content (AvgIpc) is 3.21. The summed E-state index contributed by atoms with van der Waals surface area (Å²) in [6, 6.07) is 12.2. The van der Waals surface area contributed by atoms with Gasteiger partial charge in [-0.15, -0.1) is 11.3 Å². The van der Waals surface area contributed by atoms with E-state index in [4.69, 9.17) is 4.42 Å². The van der Waals surface area contributed by atoms with Gasteiger partial charge in [0.05, 0.1) is 5.69 Å². The number of benzene rings is 1. The molecule has 3 rings (SSSR count). The van der Waals surface area contributed by atoms with Crippen LogP contribution in [-0.4, -0.2) is 17.4 Å². The Morgan fingerprint density at radius 3 is 2.71 bits per heavy atom. The Hall–Kier alpha value is -1.92. The van der Waals surface area contributed by atoms with Gasteiger partial charge < -0.3 is 9.73 Å². The third kappa shape index (κ3) is 4.33. The van der Waals surface area contributed by atoms with Gasteiger partial charge in [0.25, 0.3) is 0 Å². The molecule has 0 bridgehead atoms. The minimum atomic E-state index is 0.0215. The molecule has 0 aliphatic rings. The molecular weight excluding hydrogens is 388 g/mol. The number of halogens is 1. The molecule has 0 atom stereocenters. The Morgan fingerprint density at radius 1 is 1.25 bits per heavy atom. The lowest BCUT2D eigenvalue weighted by Gasteiger charge is -2.04. The molecule has 6 heteroatoms. The third-order valence-electron chi connectivity index (χ3n) is 3.55. The Labute approximate surface area is 153 Å². The fraction of sp³-hybridized carbons (Fsp3) is 0.222. The zero-order valence-corrected chi connectivity index (χ0v) is 15.6. The first-order chi connectivity index (χ1) is 11.6. The molecular formula is C18H17BrN2O2S. The second-order valence-electron chi connectivity index (χ2n) is 5.43. The highest BCUT2D eigenvalue weighted by atomic mass is 79.9. The molecule has 124 valence electrons. The third-order valence-corrected chi connectivity index (χ3v) is 4.84. The van der Waals surface area contributed by atoms with Crippen molar-refractivity contribution in [1.82, 2.24) is 10.3 Å². The Kier molecular flexibility index (Phi) is 5.48. The standard InChI is InChI=1S/C18H17BrN2O2S/c1-12(22)20-10-2-3-13-4-6-14(7-5-13)15-11-24-18(21-15)16-8-9-17(19)23-16/h4-9,11H,2-3,10H2,1H3,(H,20,22). The highest BCUT2D eigenvalue weighted by Crippen LogP contribution is 2.31. The van der Waals surface area contributed by atoms with Crippen LogP contribution in [0.5, 0.6) is 0 Å². The number of thiazole rings is 1. The molecule has 3 aromatic rings. The van der Waals surface area contributed by atoms with Crippen molar-refractivity contribution in [3.05, 3.63) is 52.0 Å². The van der Waals surface area contributed by atoms with E-state index in [-0.39, 0.29) is 5.91 Å². The maximum Gasteiger partial charge on any atom is 0.216 e. The minimum absolute atomic E-state index is 0.0215. The van der Waals surface area contributed by atoms with Crippen molar-refractivity contribution in [3.8, 4) is 22.0 Å². The number of aromatic nitrogens is 1. The number of rotatable bonds is 6. The van der Waals surface area contributed by atoms with Crippen molar-refractivity contribution in [2.45, 2.75) is 19.8 Å². The van der Waals surface area contributed by atoms with Gasteiger partial charge in [0.15, 0.2) is 15.4 Å². The molecule has 0 aliphatic heterocycles. The maximum absolute atomic E-state index is 10.8. The largest absolute Gasteiger partial charge is 0.447 e. The first kappa shape index (κ1) is 16.9. The molecule has 0 fully saturated rings. The molecule has 0 unspecified atom stereocenters. The molecule has 24 heavy (non-hydrogen) atoms. The highest BCUT2D eigenvalue weighted by Gasteiger charge is 2.10. The van der Waals surface area contributed by atoms with Gasteiger partial charge in [-0.2, -0.15) is 0 Å². The zero-order chi connectivity index (χ0) is 16.9. The van der Waals surface area contributed by atoms with Crippen LogP contribution in [0.25, 0.3) is 22.0 Å². The molecule has 2 heterocycles. The number of carbonyl (C=O) groups excluding carboxylic acids is 1. The predicted octanol–water partition coefficient (Wildman–Crippen LogP) is 4.90. The lowest BCUT2D eigenvalue weighted by molar-refractivity contribution is -0.118. The van der Waals surface area contributed by atoms with E-state index in [1.807, 2.05) is 17.5 Å². The van der Waals surface area contributed by atoms with E-state index in [0.717, 1.165) is 34.9 Å². The van der Waals surface area contributed by atoms with E-state index in [1.165, 1.54) is 5.56 Å². The fourth-order valence-electron chi connectivity index (χ4n) is 2.35. The van der Waals surface area contributed by atoms with Crippen LogP contribution in [0.4, 0.5) is 0 Å². The van der Waals surface area contributed by atoms with Crippen molar-refractivity contribution in [1.29, 1.82) is 0 Å². The molecule has 2 aromatic heterocycles. The van der Waals surface area contributed by atoms with E-state index >= 15 is 0 Å². The van der Waals surface area contributed by atoms with Crippen LogP contribution >= 0.6 is 27.3 Å². The molecule has 0 spiro atoms. The Morgan fingerprint density at radius 2 is 2.04 bits per heavy atom. The van der Waals surface area contributed by atoms with Crippen molar-refractivity contribution in [2.24, 2.45) is 0 Å². The summed E-state index contributed by atoms with van der Waals surface area (Å²) in [6.07, 6.45) is 1.89. The second-order valence-corrected chi connectivity index (χ2v) is 7.06. The second kappa shape index (κ2) is 7.77. The van der Waals surface area contributed by atoms with E-state index in [1.54, 1.807) is 18.3 Å². The summed E-state index contributed by atoms with van der Waals surface area (Å²) in [5, 5.41) is 5.72. The molecule has 0 saturated heterocycles. The van der Waals surface area contributed by atoms with E-state index < -0.39 is 0 Å². The first-order valence-corrected chi connectivity index (χ1v) is 9.34. The summed E-state index contributed by atoms with van der Waals surface area (Å²) in [7, 11) is 0. The Balaban J connectivity index is 1.63. The molecule has 0 aliphatic carbocycles. The average molecular weight is 405 g/mol. The van der Waals surface area contributed by atoms with Crippen LogP contribution in [0.15, 0.2) is 50.9 Å². The summed E-state index contributed by atoms with van der Waals surface area (Å²) in [6.45, 7) is 2.25. The van der Waals surface area contributed by atoms with Crippen LogP contribution in [0.3, 0.4) is 0 Å². The normalized spacial score (nSPS) is 10.8.